The summed E-state index contributed by atoms with van der Waals surface area (Å²) in [5.74, 6) is -0.307. The molecule has 0 aromatic heterocycles. The number of hydrogen-bond donors (Lipinski definition) is 1. The van der Waals surface area contributed by atoms with Crippen molar-refractivity contribution in [1.82, 2.24) is 9.80 Å². The number of carbonyl (C=O) groups is 1. The molecule has 0 aliphatic rings. The minimum Gasteiger partial charge on any atom is -0.319 e. The van der Waals surface area contributed by atoms with Crippen LogP contribution in [0.15, 0.2) is 42.5 Å². The summed E-state index contributed by atoms with van der Waals surface area (Å²) in [6, 6.07) is 10.7. The number of amides is 2. The van der Waals surface area contributed by atoms with E-state index in [0.29, 0.717) is 35.4 Å². The standard InChI is InChI=1S/C18H20Cl2FN3O/c1-23(2)9-10-24(12-13-3-6-15(21)7-4-13)18(25)22-17-11-14(19)5-8-16(17)20/h3-8,11H,9-10,12H2,1-2H3,(H,22,25). The first-order valence-electron chi connectivity index (χ1n) is 7.75. The summed E-state index contributed by atoms with van der Waals surface area (Å²) in [4.78, 5) is 16.3. The SMILES string of the molecule is CN(C)CCN(Cc1ccc(F)cc1)C(=O)Nc1cc(Cl)ccc1Cl. The Morgan fingerprint density at radius 2 is 1.76 bits per heavy atom. The molecule has 0 fully saturated rings. The number of anilines is 1. The van der Waals surface area contributed by atoms with E-state index >= 15 is 0 Å². The van der Waals surface area contributed by atoms with Gasteiger partial charge < -0.3 is 15.1 Å². The van der Waals surface area contributed by atoms with Crippen LogP contribution in [0.1, 0.15) is 5.56 Å². The molecule has 0 unspecified atom stereocenters. The Morgan fingerprint density at radius 1 is 1.08 bits per heavy atom. The summed E-state index contributed by atoms with van der Waals surface area (Å²) in [5, 5.41) is 3.68. The van der Waals surface area contributed by atoms with Crippen LogP contribution in [0.3, 0.4) is 0 Å². The highest BCUT2D eigenvalue weighted by Crippen LogP contribution is 2.25. The number of nitrogens with zero attached hydrogens (tertiary/aromatic N) is 2. The maximum atomic E-state index is 13.1. The second kappa shape index (κ2) is 9.04. The quantitative estimate of drug-likeness (QED) is 0.782. The van der Waals surface area contributed by atoms with Gasteiger partial charge in [0.05, 0.1) is 10.7 Å². The van der Waals surface area contributed by atoms with Gasteiger partial charge >= 0.3 is 6.03 Å². The zero-order valence-electron chi connectivity index (χ0n) is 14.1. The summed E-state index contributed by atoms with van der Waals surface area (Å²) in [5.41, 5.74) is 1.29. The van der Waals surface area contributed by atoms with Crippen molar-refractivity contribution < 1.29 is 9.18 Å². The smallest absolute Gasteiger partial charge is 0.319 e. The molecule has 2 rings (SSSR count). The fourth-order valence-corrected chi connectivity index (χ4v) is 2.51. The van der Waals surface area contributed by atoms with Gasteiger partial charge in [0.1, 0.15) is 5.82 Å². The highest BCUT2D eigenvalue weighted by atomic mass is 35.5. The number of nitrogens with one attached hydrogen (secondary N) is 1. The molecular weight excluding hydrogens is 364 g/mol. The Bertz CT molecular complexity index is 723. The van der Waals surface area contributed by atoms with Crippen molar-refractivity contribution in [2.45, 2.75) is 6.54 Å². The van der Waals surface area contributed by atoms with E-state index in [-0.39, 0.29) is 11.8 Å². The summed E-state index contributed by atoms with van der Waals surface area (Å²) >= 11 is 12.1. The first-order valence-corrected chi connectivity index (χ1v) is 8.51. The molecule has 0 heterocycles. The molecule has 25 heavy (non-hydrogen) atoms. The van der Waals surface area contributed by atoms with Crippen LogP contribution in [0, 0.1) is 5.82 Å². The third kappa shape index (κ3) is 6.20. The largest absolute Gasteiger partial charge is 0.322 e. The van der Waals surface area contributed by atoms with Gasteiger partial charge in [-0.15, -0.1) is 0 Å². The lowest BCUT2D eigenvalue weighted by molar-refractivity contribution is 0.202. The van der Waals surface area contributed by atoms with Crippen molar-refractivity contribution in [2.24, 2.45) is 0 Å². The number of likely N-dealkylation sites (N-methyl/N-ethyl adjacent to an activating group) is 1. The van der Waals surface area contributed by atoms with Gasteiger partial charge in [-0.05, 0) is 50.0 Å². The topological polar surface area (TPSA) is 35.6 Å². The maximum absolute atomic E-state index is 13.1. The monoisotopic (exact) mass is 383 g/mol. The minimum absolute atomic E-state index is 0.296. The first kappa shape index (κ1) is 19.5. The summed E-state index contributed by atoms with van der Waals surface area (Å²) < 4.78 is 13.1. The van der Waals surface area contributed by atoms with Crippen molar-refractivity contribution in [3.05, 3.63) is 63.9 Å². The molecule has 2 aromatic rings. The molecule has 0 bridgehead atoms. The van der Waals surface area contributed by atoms with Crippen LogP contribution in [-0.2, 0) is 6.54 Å². The normalized spacial score (nSPS) is 10.8. The van der Waals surface area contributed by atoms with E-state index in [2.05, 4.69) is 5.32 Å². The van der Waals surface area contributed by atoms with Crippen molar-refractivity contribution in [1.29, 1.82) is 0 Å². The third-order valence-corrected chi connectivity index (χ3v) is 4.13. The molecule has 4 nitrogen and oxygen atoms in total. The van der Waals surface area contributed by atoms with E-state index in [4.69, 9.17) is 23.2 Å². The minimum atomic E-state index is -0.307. The Balaban J connectivity index is 2.13. The average Bonchev–Trinajstić information content (AvgIpc) is 2.56. The van der Waals surface area contributed by atoms with E-state index in [1.165, 1.54) is 12.1 Å². The highest BCUT2D eigenvalue weighted by Gasteiger charge is 2.16. The molecule has 0 aliphatic heterocycles. The van der Waals surface area contributed by atoms with E-state index in [1.807, 2.05) is 19.0 Å². The Hall–Kier alpha value is -1.82. The van der Waals surface area contributed by atoms with Crippen molar-refractivity contribution in [2.75, 3.05) is 32.5 Å². The maximum Gasteiger partial charge on any atom is 0.322 e. The van der Waals surface area contributed by atoms with Gasteiger partial charge in [0.15, 0.2) is 0 Å². The molecule has 0 spiro atoms. The molecule has 1 N–H and O–H groups in total. The van der Waals surface area contributed by atoms with E-state index in [1.54, 1.807) is 35.2 Å². The number of carbonyl (C=O) groups excluding carboxylic acids is 1. The molecule has 0 radical (unpaired) electrons. The predicted molar refractivity (Wildman–Crippen MR) is 101 cm³/mol. The van der Waals surface area contributed by atoms with Crippen molar-refractivity contribution in [3.8, 4) is 0 Å². The second-order valence-corrected chi connectivity index (χ2v) is 6.75. The highest BCUT2D eigenvalue weighted by molar-refractivity contribution is 6.35. The van der Waals surface area contributed by atoms with Crippen LogP contribution in [0.25, 0.3) is 0 Å². The van der Waals surface area contributed by atoms with E-state index < -0.39 is 0 Å². The van der Waals surface area contributed by atoms with Crippen molar-refractivity contribution in [3.63, 3.8) is 0 Å². The molecule has 0 aliphatic carbocycles. The lowest BCUT2D eigenvalue weighted by atomic mass is 10.2. The van der Waals surface area contributed by atoms with Crippen LogP contribution in [-0.4, -0.2) is 43.0 Å². The number of benzene rings is 2. The molecule has 2 amide bonds. The average molecular weight is 384 g/mol. The Morgan fingerprint density at radius 3 is 2.40 bits per heavy atom. The molecule has 7 heteroatoms. The fraction of sp³-hybridized carbons (Fsp3) is 0.278. The second-order valence-electron chi connectivity index (χ2n) is 5.91. The van der Waals surface area contributed by atoms with Gasteiger partial charge in [0.2, 0.25) is 0 Å². The summed E-state index contributed by atoms with van der Waals surface area (Å²) in [6.07, 6.45) is 0. The predicted octanol–water partition coefficient (Wildman–Crippen LogP) is 4.73. The fourth-order valence-electron chi connectivity index (χ4n) is 2.17. The van der Waals surface area contributed by atoms with Crippen LogP contribution < -0.4 is 5.32 Å². The van der Waals surface area contributed by atoms with Crippen molar-refractivity contribution >= 4 is 34.9 Å². The third-order valence-electron chi connectivity index (χ3n) is 3.56. The van der Waals surface area contributed by atoms with Gasteiger partial charge in [-0.25, -0.2) is 9.18 Å². The summed E-state index contributed by atoms with van der Waals surface area (Å²) in [6.45, 7) is 1.56. The van der Waals surface area contributed by atoms with Gasteiger partial charge in [-0.1, -0.05) is 35.3 Å². The van der Waals surface area contributed by atoms with E-state index in [0.717, 1.165) is 5.56 Å². The van der Waals surface area contributed by atoms with Gasteiger partial charge in [0, 0.05) is 24.7 Å². The Kier molecular flexibility index (Phi) is 7.05. The number of halogens is 3. The summed E-state index contributed by atoms with van der Waals surface area (Å²) in [7, 11) is 3.86. The lowest BCUT2D eigenvalue weighted by Gasteiger charge is -2.25. The first-order chi connectivity index (χ1) is 11.8. The molecular formula is C18H20Cl2FN3O. The van der Waals surface area contributed by atoms with Gasteiger partial charge in [-0.2, -0.15) is 0 Å². The molecule has 2 aromatic carbocycles. The van der Waals surface area contributed by atoms with Gasteiger partial charge in [0.25, 0.3) is 0 Å². The van der Waals surface area contributed by atoms with Crippen LogP contribution in [0.4, 0.5) is 14.9 Å². The zero-order valence-corrected chi connectivity index (χ0v) is 15.6. The lowest BCUT2D eigenvalue weighted by Crippen LogP contribution is -2.39. The number of hydrogen-bond acceptors (Lipinski definition) is 2. The van der Waals surface area contributed by atoms with Gasteiger partial charge in [-0.3, -0.25) is 0 Å². The zero-order chi connectivity index (χ0) is 18.4. The molecule has 0 saturated heterocycles. The number of rotatable bonds is 6. The van der Waals surface area contributed by atoms with E-state index in [9.17, 15) is 9.18 Å². The van der Waals surface area contributed by atoms with Crippen LogP contribution >= 0.6 is 23.2 Å². The Labute approximate surface area is 157 Å². The molecule has 0 saturated carbocycles. The number of urea groups is 1. The van der Waals surface area contributed by atoms with Crippen LogP contribution in [0.5, 0.6) is 0 Å². The van der Waals surface area contributed by atoms with Crippen LogP contribution in [0.2, 0.25) is 10.0 Å². The molecule has 134 valence electrons. The molecule has 0 atom stereocenters.